The summed E-state index contributed by atoms with van der Waals surface area (Å²) >= 11 is 7.02. The minimum Gasteiger partial charge on any atom is -0.493 e. The molecule has 0 fully saturated rings. The maximum atomic E-state index is 14.0. The van der Waals surface area contributed by atoms with E-state index in [0.717, 1.165) is 40.9 Å². The number of Topliss-reactive ketones (excluding diaryl/α,β-unsaturated/α-hetero) is 2. The molecule has 1 aliphatic heterocycles. The van der Waals surface area contributed by atoms with Crippen LogP contribution in [0, 0.1) is 10.8 Å². The van der Waals surface area contributed by atoms with Crippen LogP contribution in [-0.4, -0.2) is 37.2 Å². The molecule has 0 atom stereocenters. The Labute approximate surface area is 294 Å². The van der Waals surface area contributed by atoms with Crippen molar-refractivity contribution in [2.45, 2.75) is 79.4 Å². The van der Waals surface area contributed by atoms with Crippen LogP contribution in [0.15, 0.2) is 83.2 Å². The maximum absolute atomic E-state index is 14.0. The van der Waals surface area contributed by atoms with E-state index in [1.165, 1.54) is 0 Å². The fraction of sp³-hybridized carbons (Fsp3) is 0.415. The third-order valence-electron chi connectivity index (χ3n) is 9.69. The number of hydrogen-bond donors (Lipinski definition) is 0. The molecule has 3 aliphatic rings. The molecule has 8 heteroatoms. The van der Waals surface area contributed by atoms with Gasteiger partial charge in [-0.25, -0.2) is 0 Å². The predicted octanol–water partition coefficient (Wildman–Crippen LogP) is 9.22. The SMILES string of the molecule is CCOc1cc(C2C3=C(CC(C)(C)CC3=O)N(C)C3=C2C(=O)CC(C)(C)C3)cc(Cl)c1OCc1ccc(OCc2ccccc2)c(OC)c1. The zero-order valence-electron chi connectivity index (χ0n) is 29.6. The standard InChI is InChI=1S/C41H46ClNO6/c1-8-47-35-18-27(36-37-29(19-40(2,3)21-31(37)44)43(6)30-20-41(4,5)22-32(45)38(30)36)17-28(42)39(35)49-24-26-14-15-33(34(16-26)46-7)48-23-25-12-10-9-11-13-25/h9-18,36H,8,19-24H2,1-7H3. The number of rotatable bonds is 10. The van der Waals surface area contributed by atoms with Gasteiger partial charge in [0.1, 0.15) is 13.2 Å². The lowest BCUT2D eigenvalue weighted by Gasteiger charge is -2.48. The largest absolute Gasteiger partial charge is 0.493 e. The van der Waals surface area contributed by atoms with E-state index < -0.39 is 5.92 Å². The molecule has 0 saturated heterocycles. The first-order valence-corrected chi connectivity index (χ1v) is 17.4. The highest BCUT2D eigenvalue weighted by atomic mass is 35.5. The predicted molar refractivity (Wildman–Crippen MR) is 191 cm³/mol. The molecule has 2 aliphatic carbocycles. The van der Waals surface area contributed by atoms with Gasteiger partial charge in [0.05, 0.1) is 18.7 Å². The van der Waals surface area contributed by atoms with E-state index in [9.17, 15) is 9.59 Å². The summed E-state index contributed by atoms with van der Waals surface area (Å²) in [5.41, 5.74) is 5.71. The fourth-order valence-electron chi connectivity index (χ4n) is 7.47. The zero-order chi connectivity index (χ0) is 35.1. The molecule has 6 rings (SSSR count). The van der Waals surface area contributed by atoms with E-state index in [4.69, 9.17) is 30.5 Å². The van der Waals surface area contributed by atoms with Gasteiger partial charge in [-0.05, 0) is 71.6 Å². The van der Waals surface area contributed by atoms with Crippen LogP contribution in [0.25, 0.3) is 0 Å². The number of carbonyl (C=O) groups excluding carboxylic acids is 2. The number of methoxy groups -OCH3 is 1. The second-order valence-corrected chi connectivity index (χ2v) is 15.3. The number of ether oxygens (including phenoxy) is 4. The number of allylic oxidation sites excluding steroid dienone is 4. The molecular formula is C41H46ClNO6. The number of carbonyl (C=O) groups is 2. The molecular weight excluding hydrogens is 638 g/mol. The highest BCUT2D eigenvalue weighted by molar-refractivity contribution is 6.32. The van der Waals surface area contributed by atoms with Crippen LogP contribution >= 0.6 is 11.6 Å². The van der Waals surface area contributed by atoms with Crippen molar-refractivity contribution in [3.05, 3.63) is 105 Å². The molecule has 0 N–H and O–H groups in total. The van der Waals surface area contributed by atoms with Crippen LogP contribution < -0.4 is 18.9 Å². The van der Waals surface area contributed by atoms with E-state index in [1.54, 1.807) is 7.11 Å². The van der Waals surface area contributed by atoms with Crippen LogP contribution in [-0.2, 0) is 22.8 Å². The summed E-state index contributed by atoms with van der Waals surface area (Å²) in [6.45, 7) is 11.4. The number of halogens is 1. The van der Waals surface area contributed by atoms with Gasteiger partial charge in [0.15, 0.2) is 34.6 Å². The van der Waals surface area contributed by atoms with Gasteiger partial charge in [-0.3, -0.25) is 9.59 Å². The monoisotopic (exact) mass is 683 g/mol. The van der Waals surface area contributed by atoms with Crippen molar-refractivity contribution in [1.29, 1.82) is 0 Å². The molecule has 3 aromatic carbocycles. The lowest BCUT2D eigenvalue weighted by Crippen LogP contribution is -2.43. The Balaban J connectivity index is 1.33. The number of benzene rings is 3. The summed E-state index contributed by atoms with van der Waals surface area (Å²) in [6, 6.07) is 19.4. The molecule has 0 amide bonds. The van der Waals surface area contributed by atoms with Crippen molar-refractivity contribution in [2.24, 2.45) is 10.8 Å². The van der Waals surface area contributed by atoms with Gasteiger partial charge >= 0.3 is 0 Å². The van der Waals surface area contributed by atoms with Gasteiger partial charge in [0.25, 0.3) is 0 Å². The second kappa shape index (κ2) is 13.6. The van der Waals surface area contributed by atoms with Crippen LogP contribution in [0.5, 0.6) is 23.0 Å². The number of ketones is 2. The molecule has 7 nitrogen and oxygen atoms in total. The van der Waals surface area contributed by atoms with Crippen molar-refractivity contribution in [3.63, 3.8) is 0 Å². The van der Waals surface area contributed by atoms with Crippen LogP contribution in [0.4, 0.5) is 0 Å². The normalized spacial score (nSPS) is 18.7. The zero-order valence-corrected chi connectivity index (χ0v) is 30.3. The van der Waals surface area contributed by atoms with Gasteiger partial charge in [-0.15, -0.1) is 0 Å². The lowest BCUT2D eigenvalue weighted by atomic mass is 9.63. The van der Waals surface area contributed by atoms with Gasteiger partial charge in [-0.1, -0.05) is 75.7 Å². The Bertz CT molecular complexity index is 1790. The molecule has 1 heterocycles. The average Bonchev–Trinajstić information content (AvgIpc) is 3.04. The Morgan fingerprint density at radius 3 is 1.94 bits per heavy atom. The average molecular weight is 684 g/mol. The minimum absolute atomic E-state index is 0.0758. The van der Waals surface area contributed by atoms with Crippen LogP contribution in [0.1, 0.15) is 82.9 Å². The molecule has 3 aromatic rings. The van der Waals surface area contributed by atoms with E-state index >= 15 is 0 Å². The Morgan fingerprint density at radius 1 is 0.735 bits per heavy atom. The molecule has 0 aromatic heterocycles. The third-order valence-corrected chi connectivity index (χ3v) is 9.97. The molecule has 0 bridgehead atoms. The molecule has 0 radical (unpaired) electrons. The highest BCUT2D eigenvalue weighted by Crippen LogP contribution is 2.55. The topological polar surface area (TPSA) is 74.3 Å². The lowest BCUT2D eigenvalue weighted by molar-refractivity contribution is -0.119. The molecule has 0 spiro atoms. The van der Waals surface area contributed by atoms with Gasteiger partial charge < -0.3 is 23.8 Å². The van der Waals surface area contributed by atoms with Crippen molar-refractivity contribution >= 4 is 23.2 Å². The van der Waals surface area contributed by atoms with E-state index in [2.05, 4.69) is 32.6 Å². The van der Waals surface area contributed by atoms with E-state index in [-0.39, 0.29) is 29.0 Å². The number of nitrogens with zero attached hydrogens (tertiary/aromatic N) is 1. The minimum atomic E-state index is -0.521. The van der Waals surface area contributed by atoms with Gasteiger partial charge in [-0.2, -0.15) is 0 Å². The molecule has 258 valence electrons. The highest BCUT2D eigenvalue weighted by Gasteiger charge is 2.48. The van der Waals surface area contributed by atoms with Crippen LogP contribution in [0.3, 0.4) is 0 Å². The van der Waals surface area contributed by atoms with Crippen molar-refractivity contribution in [3.8, 4) is 23.0 Å². The molecule has 0 unspecified atom stereocenters. The first-order valence-electron chi connectivity index (χ1n) is 17.0. The summed E-state index contributed by atoms with van der Waals surface area (Å²) in [5, 5.41) is 0.353. The first kappa shape index (κ1) is 34.6. The molecule has 49 heavy (non-hydrogen) atoms. The maximum Gasteiger partial charge on any atom is 0.180 e. The van der Waals surface area contributed by atoms with Crippen molar-refractivity contribution in [1.82, 2.24) is 4.90 Å². The van der Waals surface area contributed by atoms with Gasteiger partial charge in [0, 0.05) is 48.3 Å². The fourth-order valence-corrected chi connectivity index (χ4v) is 7.74. The summed E-state index contributed by atoms with van der Waals surface area (Å²) < 4.78 is 24.1. The quantitative estimate of drug-likeness (QED) is 0.211. The summed E-state index contributed by atoms with van der Waals surface area (Å²) in [6.07, 6.45) is 2.34. The summed E-state index contributed by atoms with van der Waals surface area (Å²) in [5.74, 6) is 1.73. The molecule has 0 saturated carbocycles. The Hall–Kier alpha value is -4.23. The Kier molecular flexibility index (Phi) is 9.60. The summed E-state index contributed by atoms with van der Waals surface area (Å²) in [4.78, 5) is 30.1. The smallest absolute Gasteiger partial charge is 0.180 e. The number of hydrogen-bond acceptors (Lipinski definition) is 7. The second-order valence-electron chi connectivity index (χ2n) is 14.9. The van der Waals surface area contributed by atoms with Crippen LogP contribution in [0.2, 0.25) is 5.02 Å². The summed E-state index contributed by atoms with van der Waals surface area (Å²) in [7, 11) is 3.62. The Morgan fingerprint density at radius 2 is 1.35 bits per heavy atom. The van der Waals surface area contributed by atoms with Crippen molar-refractivity contribution < 1.29 is 28.5 Å². The van der Waals surface area contributed by atoms with E-state index in [1.807, 2.05) is 74.6 Å². The third kappa shape index (κ3) is 7.09. The van der Waals surface area contributed by atoms with Crippen molar-refractivity contribution in [2.75, 3.05) is 20.8 Å². The first-order chi connectivity index (χ1) is 23.3. The van der Waals surface area contributed by atoms with E-state index in [0.29, 0.717) is 65.2 Å². The van der Waals surface area contributed by atoms with Gasteiger partial charge in [0.2, 0.25) is 0 Å².